The molecule has 1 amide bonds. The van der Waals surface area contributed by atoms with Crippen molar-refractivity contribution >= 4 is 17.7 Å². The van der Waals surface area contributed by atoms with Gasteiger partial charge in [0.2, 0.25) is 0 Å². The molecular formula is C9H18ClNO3. The molecule has 0 fully saturated rings. The first kappa shape index (κ1) is 13.5. The Hall–Kier alpha value is -0.480. The van der Waals surface area contributed by atoms with Gasteiger partial charge in [0.15, 0.2) is 0 Å². The number of ether oxygens (including phenoxy) is 1. The van der Waals surface area contributed by atoms with Crippen molar-refractivity contribution in [2.75, 3.05) is 5.88 Å². The highest BCUT2D eigenvalue weighted by Crippen LogP contribution is 2.07. The van der Waals surface area contributed by atoms with Crippen LogP contribution < -0.4 is 5.32 Å². The van der Waals surface area contributed by atoms with Gasteiger partial charge < -0.3 is 15.2 Å². The lowest BCUT2D eigenvalue weighted by Gasteiger charge is -2.23. The minimum absolute atomic E-state index is 0.0803. The Bertz CT molecular complexity index is 191. The van der Waals surface area contributed by atoms with Crippen molar-refractivity contribution in [1.82, 2.24) is 5.32 Å². The fourth-order valence-corrected chi connectivity index (χ4v) is 0.991. The summed E-state index contributed by atoms with van der Waals surface area (Å²) in [5.74, 6) is 0.0803. The maximum absolute atomic E-state index is 11.2. The standard InChI is InChI=1S/C9H18ClNO3/c1-6(7(12)5-10)11-8(13)14-9(2,3)4/h6-7,12H,5H2,1-4H3,(H,11,13)/t6-,7-/m1/s1. The first-order valence-corrected chi connectivity index (χ1v) is 5.03. The monoisotopic (exact) mass is 223 g/mol. The number of hydrogen-bond acceptors (Lipinski definition) is 3. The Morgan fingerprint density at radius 3 is 2.43 bits per heavy atom. The van der Waals surface area contributed by atoms with Gasteiger partial charge in [0.25, 0.3) is 0 Å². The van der Waals surface area contributed by atoms with Crippen molar-refractivity contribution in [2.45, 2.75) is 45.4 Å². The molecule has 2 N–H and O–H groups in total. The maximum Gasteiger partial charge on any atom is 0.407 e. The van der Waals surface area contributed by atoms with E-state index >= 15 is 0 Å². The zero-order valence-electron chi connectivity index (χ0n) is 9.00. The molecule has 2 atom stereocenters. The maximum atomic E-state index is 11.2. The quantitative estimate of drug-likeness (QED) is 0.713. The largest absolute Gasteiger partial charge is 0.444 e. The summed E-state index contributed by atoms with van der Waals surface area (Å²) in [6.07, 6.45) is -1.31. The summed E-state index contributed by atoms with van der Waals surface area (Å²) in [6.45, 7) is 6.98. The summed E-state index contributed by atoms with van der Waals surface area (Å²) in [5, 5.41) is 11.8. The molecule has 0 spiro atoms. The summed E-state index contributed by atoms with van der Waals surface area (Å²) in [4.78, 5) is 11.2. The fourth-order valence-electron chi connectivity index (χ4n) is 0.723. The average Bonchev–Trinajstić information content (AvgIpc) is 1.99. The van der Waals surface area contributed by atoms with Crippen LogP contribution in [-0.4, -0.2) is 34.8 Å². The molecule has 0 radical (unpaired) electrons. The number of alkyl halides is 1. The molecule has 0 aromatic rings. The number of alkyl carbamates (subject to hydrolysis) is 1. The molecule has 0 saturated heterocycles. The van der Waals surface area contributed by atoms with Crippen molar-refractivity contribution in [3.63, 3.8) is 0 Å². The van der Waals surface area contributed by atoms with Crippen LogP contribution in [0.25, 0.3) is 0 Å². The number of amides is 1. The fraction of sp³-hybridized carbons (Fsp3) is 0.889. The van der Waals surface area contributed by atoms with E-state index in [4.69, 9.17) is 16.3 Å². The van der Waals surface area contributed by atoms with E-state index in [2.05, 4.69) is 5.32 Å². The van der Waals surface area contributed by atoms with Crippen LogP contribution in [0.5, 0.6) is 0 Å². The third-order valence-electron chi connectivity index (χ3n) is 1.48. The Labute approximate surface area is 89.6 Å². The highest BCUT2D eigenvalue weighted by atomic mass is 35.5. The molecule has 84 valence electrons. The van der Waals surface area contributed by atoms with Crippen molar-refractivity contribution in [3.8, 4) is 0 Å². The second kappa shape index (κ2) is 5.41. The normalized spacial score (nSPS) is 15.9. The SMILES string of the molecule is C[C@@H](NC(=O)OC(C)(C)C)[C@H](O)CCl. The molecule has 5 heteroatoms. The van der Waals surface area contributed by atoms with E-state index in [-0.39, 0.29) is 5.88 Å². The summed E-state index contributed by atoms with van der Waals surface area (Å²) >= 11 is 5.42. The van der Waals surface area contributed by atoms with E-state index in [0.717, 1.165) is 0 Å². The van der Waals surface area contributed by atoms with Crippen LogP contribution in [0.15, 0.2) is 0 Å². The molecule has 0 aliphatic rings. The number of aliphatic hydroxyl groups is 1. The minimum Gasteiger partial charge on any atom is -0.444 e. The number of aliphatic hydroxyl groups excluding tert-OH is 1. The molecule has 0 bridgehead atoms. The van der Waals surface area contributed by atoms with E-state index < -0.39 is 23.8 Å². The van der Waals surface area contributed by atoms with E-state index in [0.29, 0.717) is 0 Å². The molecule has 0 heterocycles. The summed E-state index contributed by atoms with van der Waals surface area (Å²) in [5.41, 5.74) is -0.532. The van der Waals surface area contributed by atoms with Gasteiger partial charge >= 0.3 is 6.09 Å². The van der Waals surface area contributed by atoms with Gasteiger partial charge in [-0.2, -0.15) is 0 Å². The van der Waals surface area contributed by atoms with Crippen molar-refractivity contribution in [2.24, 2.45) is 0 Å². The zero-order chi connectivity index (χ0) is 11.4. The molecule has 0 saturated carbocycles. The van der Waals surface area contributed by atoms with Crippen LogP contribution in [0.3, 0.4) is 0 Å². The second-order valence-corrected chi connectivity index (χ2v) is 4.47. The van der Waals surface area contributed by atoms with Gasteiger partial charge in [-0.1, -0.05) is 0 Å². The van der Waals surface area contributed by atoms with E-state index in [1.165, 1.54) is 0 Å². The van der Waals surface area contributed by atoms with E-state index in [9.17, 15) is 9.90 Å². The molecule has 0 rings (SSSR count). The number of hydrogen-bond donors (Lipinski definition) is 2. The van der Waals surface area contributed by atoms with Gasteiger partial charge in [0.1, 0.15) is 5.60 Å². The van der Waals surface area contributed by atoms with Crippen molar-refractivity contribution < 1.29 is 14.6 Å². The van der Waals surface area contributed by atoms with Gasteiger partial charge in [-0.15, -0.1) is 11.6 Å². The molecule has 4 nitrogen and oxygen atoms in total. The first-order valence-electron chi connectivity index (χ1n) is 4.50. The number of nitrogens with one attached hydrogen (secondary N) is 1. The van der Waals surface area contributed by atoms with E-state index in [1.807, 2.05) is 0 Å². The third-order valence-corrected chi connectivity index (χ3v) is 1.80. The lowest BCUT2D eigenvalue weighted by molar-refractivity contribution is 0.0452. The van der Waals surface area contributed by atoms with Gasteiger partial charge in [-0.25, -0.2) is 4.79 Å². The molecule has 0 aliphatic carbocycles. The Morgan fingerprint density at radius 1 is 1.57 bits per heavy atom. The van der Waals surface area contributed by atoms with E-state index in [1.54, 1.807) is 27.7 Å². The molecule has 0 aromatic carbocycles. The van der Waals surface area contributed by atoms with Crippen molar-refractivity contribution in [3.05, 3.63) is 0 Å². The number of carbonyl (C=O) groups excluding carboxylic acids is 1. The van der Waals surface area contributed by atoms with Crippen LogP contribution in [-0.2, 0) is 4.74 Å². The summed E-state index contributed by atoms with van der Waals surface area (Å²) in [6, 6.07) is -0.414. The highest BCUT2D eigenvalue weighted by molar-refractivity contribution is 6.18. The average molecular weight is 224 g/mol. The lowest BCUT2D eigenvalue weighted by Crippen LogP contribution is -2.44. The topological polar surface area (TPSA) is 58.6 Å². The van der Waals surface area contributed by atoms with Crippen LogP contribution in [0.2, 0.25) is 0 Å². The summed E-state index contributed by atoms with van der Waals surface area (Å²) in [7, 11) is 0. The van der Waals surface area contributed by atoms with Gasteiger partial charge in [0.05, 0.1) is 18.0 Å². The van der Waals surface area contributed by atoms with Crippen LogP contribution in [0.4, 0.5) is 4.79 Å². The van der Waals surface area contributed by atoms with Crippen LogP contribution in [0.1, 0.15) is 27.7 Å². The first-order chi connectivity index (χ1) is 6.26. The van der Waals surface area contributed by atoms with Crippen LogP contribution in [0, 0.1) is 0 Å². The Balaban J connectivity index is 3.95. The van der Waals surface area contributed by atoms with Crippen molar-refractivity contribution in [1.29, 1.82) is 0 Å². The molecule has 0 aromatic heterocycles. The molecule has 0 aliphatic heterocycles. The smallest absolute Gasteiger partial charge is 0.407 e. The molecular weight excluding hydrogens is 206 g/mol. The second-order valence-electron chi connectivity index (χ2n) is 4.16. The number of carbonyl (C=O) groups is 1. The van der Waals surface area contributed by atoms with Gasteiger partial charge in [-0.05, 0) is 27.7 Å². The Morgan fingerprint density at radius 2 is 2.07 bits per heavy atom. The predicted molar refractivity (Wildman–Crippen MR) is 55.6 cm³/mol. The highest BCUT2D eigenvalue weighted by Gasteiger charge is 2.20. The predicted octanol–water partition coefficient (Wildman–Crippen LogP) is 1.50. The lowest BCUT2D eigenvalue weighted by atomic mass is 10.2. The zero-order valence-corrected chi connectivity index (χ0v) is 9.76. The van der Waals surface area contributed by atoms with Gasteiger partial charge in [-0.3, -0.25) is 0 Å². The van der Waals surface area contributed by atoms with Crippen LogP contribution >= 0.6 is 11.6 Å². The third kappa shape index (κ3) is 6.05. The Kier molecular flexibility index (Phi) is 5.23. The summed E-state index contributed by atoms with van der Waals surface area (Å²) < 4.78 is 5.00. The molecule has 14 heavy (non-hydrogen) atoms. The number of rotatable bonds is 3. The van der Waals surface area contributed by atoms with Gasteiger partial charge in [0, 0.05) is 0 Å². The molecule has 0 unspecified atom stereocenters. The number of halogens is 1. The minimum atomic E-state index is -0.760.